The van der Waals surface area contributed by atoms with E-state index < -0.39 is 11.2 Å². The first-order valence-electron chi connectivity index (χ1n) is 12.0. The highest BCUT2D eigenvalue weighted by molar-refractivity contribution is 7.99. The average molecular weight is 485 g/mol. The predicted octanol–water partition coefficient (Wildman–Crippen LogP) is 3.36. The van der Waals surface area contributed by atoms with Crippen molar-refractivity contribution in [1.82, 2.24) is 19.1 Å². The van der Waals surface area contributed by atoms with Crippen LogP contribution in [0.1, 0.15) is 52.4 Å². The van der Waals surface area contributed by atoms with Crippen molar-refractivity contribution in [3.63, 3.8) is 0 Å². The fourth-order valence-corrected chi connectivity index (χ4v) is 5.62. The van der Waals surface area contributed by atoms with Gasteiger partial charge in [-0.3, -0.25) is 19.1 Å². The lowest BCUT2D eigenvalue weighted by Gasteiger charge is -2.29. The molecule has 0 atom stereocenters. The van der Waals surface area contributed by atoms with Crippen LogP contribution in [0.4, 0.5) is 11.5 Å². The van der Waals surface area contributed by atoms with Crippen molar-refractivity contribution in [3.05, 3.63) is 45.1 Å². The Labute approximate surface area is 202 Å². The Morgan fingerprint density at radius 3 is 2.65 bits per heavy atom. The van der Waals surface area contributed by atoms with Gasteiger partial charge in [0.15, 0.2) is 10.8 Å². The van der Waals surface area contributed by atoms with Crippen LogP contribution in [0.2, 0.25) is 0 Å². The summed E-state index contributed by atoms with van der Waals surface area (Å²) in [4.78, 5) is 47.6. The zero-order valence-electron chi connectivity index (χ0n) is 19.7. The van der Waals surface area contributed by atoms with Crippen LogP contribution in [-0.4, -0.2) is 36.8 Å². The third-order valence-corrected chi connectivity index (χ3v) is 7.37. The molecular weight excluding hydrogens is 452 g/mol. The first-order chi connectivity index (χ1) is 16.5. The second kappa shape index (κ2) is 10.5. The summed E-state index contributed by atoms with van der Waals surface area (Å²) in [5.41, 5.74) is 7.22. The maximum Gasteiger partial charge on any atom is 0.330 e. The third kappa shape index (κ3) is 4.64. The summed E-state index contributed by atoms with van der Waals surface area (Å²) in [5.74, 6) is -0.0231. The number of nitrogens with zero attached hydrogens (tertiary/aromatic N) is 4. The summed E-state index contributed by atoms with van der Waals surface area (Å²) < 4.78 is 3.46. The molecule has 1 aromatic carbocycles. The minimum absolute atomic E-state index is 0.0632. The molecule has 0 bridgehead atoms. The van der Waals surface area contributed by atoms with Gasteiger partial charge >= 0.3 is 5.69 Å². The summed E-state index contributed by atoms with van der Waals surface area (Å²) in [6.45, 7) is 5.19. The molecular formula is C24H32N6O3S. The van der Waals surface area contributed by atoms with Gasteiger partial charge in [-0.05, 0) is 38.3 Å². The number of fused-ring (bicyclic) bond motifs is 1. The number of rotatable bonds is 9. The Morgan fingerprint density at radius 2 is 1.94 bits per heavy atom. The normalized spacial score (nSPS) is 14.2. The molecule has 0 aliphatic heterocycles. The number of aromatic amines is 1. The van der Waals surface area contributed by atoms with E-state index in [4.69, 9.17) is 10.7 Å². The van der Waals surface area contributed by atoms with E-state index in [0.717, 1.165) is 61.3 Å². The number of carbonyl (C=O) groups is 1. The topological polar surface area (TPSA) is 119 Å². The van der Waals surface area contributed by atoms with Crippen LogP contribution in [0.5, 0.6) is 0 Å². The highest BCUT2D eigenvalue weighted by Crippen LogP contribution is 2.31. The van der Waals surface area contributed by atoms with Crippen LogP contribution in [0.15, 0.2) is 39.0 Å². The molecule has 2 aromatic heterocycles. The van der Waals surface area contributed by atoms with Gasteiger partial charge < -0.3 is 15.2 Å². The van der Waals surface area contributed by atoms with Crippen LogP contribution in [-0.2, 0) is 17.9 Å². The lowest BCUT2D eigenvalue weighted by molar-refractivity contribution is -0.116. The van der Waals surface area contributed by atoms with Gasteiger partial charge in [0.1, 0.15) is 5.82 Å². The summed E-state index contributed by atoms with van der Waals surface area (Å²) in [5, 5.41) is 0.762. The molecule has 2 heterocycles. The van der Waals surface area contributed by atoms with E-state index in [1.165, 1.54) is 16.3 Å². The Morgan fingerprint density at radius 1 is 1.21 bits per heavy atom. The number of benzene rings is 1. The van der Waals surface area contributed by atoms with Crippen molar-refractivity contribution >= 4 is 40.2 Å². The number of hydrogen-bond acceptors (Lipinski definition) is 6. The molecule has 9 nitrogen and oxygen atoms in total. The molecule has 1 fully saturated rings. The summed E-state index contributed by atoms with van der Waals surface area (Å²) in [7, 11) is 0. The number of thioether (sulfide) groups is 1. The zero-order valence-corrected chi connectivity index (χ0v) is 20.6. The molecule has 182 valence electrons. The number of unbranched alkanes of at least 4 members (excludes halogenated alkanes) is 1. The van der Waals surface area contributed by atoms with E-state index in [1.54, 1.807) is 4.90 Å². The van der Waals surface area contributed by atoms with Gasteiger partial charge in [-0.2, -0.15) is 0 Å². The van der Waals surface area contributed by atoms with Crippen molar-refractivity contribution in [2.45, 2.75) is 76.7 Å². The minimum Gasteiger partial charge on any atom is -0.383 e. The standard InChI is InChI=1S/C24H32N6O3S/c1-3-5-14-29-21(25)20(22(32)27-23(29)33)30(16-10-6-7-11-16)19(31)15-34-24-26-17-12-8-9-13-18(17)28(24)4-2/h8-9,12-13,16H,3-7,10-11,14-15,25H2,1-2H3,(H,27,32,33). The molecule has 1 saturated carbocycles. The maximum absolute atomic E-state index is 13.6. The number of nitrogen functional groups attached to an aromatic ring is 1. The molecule has 0 saturated heterocycles. The van der Waals surface area contributed by atoms with Crippen LogP contribution >= 0.6 is 11.8 Å². The Kier molecular flexibility index (Phi) is 7.45. The van der Waals surface area contributed by atoms with Crippen molar-refractivity contribution in [2.75, 3.05) is 16.4 Å². The van der Waals surface area contributed by atoms with E-state index >= 15 is 0 Å². The van der Waals surface area contributed by atoms with E-state index in [1.807, 2.05) is 38.1 Å². The molecule has 1 amide bonds. The minimum atomic E-state index is -0.610. The fourth-order valence-electron chi connectivity index (χ4n) is 4.69. The van der Waals surface area contributed by atoms with E-state index in [0.29, 0.717) is 6.54 Å². The number of carbonyl (C=O) groups excluding carboxylic acids is 1. The van der Waals surface area contributed by atoms with Crippen molar-refractivity contribution in [2.24, 2.45) is 0 Å². The second-order valence-corrected chi connectivity index (χ2v) is 9.56. The molecule has 10 heteroatoms. The summed E-state index contributed by atoms with van der Waals surface area (Å²) in [6.07, 6.45) is 5.20. The molecule has 1 aliphatic rings. The highest BCUT2D eigenvalue weighted by Gasteiger charge is 2.32. The van der Waals surface area contributed by atoms with Gasteiger partial charge in [0.05, 0.1) is 16.8 Å². The maximum atomic E-state index is 13.6. The van der Waals surface area contributed by atoms with Crippen LogP contribution < -0.4 is 21.9 Å². The number of imidazole rings is 1. The van der Waals surface area contributed by atoms with Crippen molar-refractivity contribution in [1.29, 1.82) is 0 Å². The Hall–Kier alpha value is -3.01. The molecule has 3 aromatic rings. The zero-order chi connectivity index (χ0) is 24.2. The number of amides is 1. The van der Waals surface area contributed by atoms with Gasteiger partial charge in [-0.25, -0.2) is 9.78 Å². The SMILES string of the molecule is CCCCn1c(N)c(N(C(=O)CSc2nc3ccccc3n2CC)C2CCCC2)c(=O)[nH]c1=O. The van der Waals surface area contributed by atoms with Crippen LogP contribution in [0.3, 0.4) is 0 Å². The lowest BCUT2D eigenvalue weighted by atomic mass is 10.2. The molecule has 4 rings (SSSR count). The molecule has 0 unspecified atom stereocenters. The van der Waals surface area contributed by atoms with E-state index in [2.05, 4.69) is 9.55 Å². The quantitative estimate of drug-likeness (QED) is 0.450. The monoisotopic (exact) mass is 484 g/mol. The number of hydrogen-bond donors (Lipinski definition) is 2. The molecule has 3 N–H and O–H groups in total. The van der Waals surface area contributed by atoms with Crippen LogP contribution in [0, 0.1) is 0 Å². The first kappa shape index (κ1) is 24.1. The highest BCUT2D eigenvalue weighted by atomic mass is 32.2. The molecule has 1 aliphatic carbocycles. The van der Waals surface area contributed by atoms with Crippen molar-refractivity contribution in [3.8, 4) is 0 Å². The largest absolute Gasteiger partial charge is 0.383 e. The second-order valence-electron chi connectivity index (χ2n) is 8.62. The predicted molar refractivity (Wildman–Crippen MR) is 137 cm³/mol. The number of nitrogens with two attached hydrogens (primary N) is 1. The fraction of sp³-hybridized carbons (Fsp3) is 0.500. The van der Waals surface area contributed by atoms with Gasteiger partial charge in [0.25, 0.3) is 5.56 Å². The summed E-state index contributed by atoms with van der Waals surface area (Å²) in [6, 6.07) is 7.78. The number of aryl methyl sites for hydroxylation is 1. The first-order valence-corrected chi connectivity index (χ1v) is 13.0. The smallest absolute Gasteiger partial charge is 0.330 e. The summed E-state index contributed by atoms with van der Waals surface area (Å²) >= 11 is 1.36. The molecule has 34 heavy (non-hydrogen) atoms. The average Bonchev–Trinajstić information content (AvgIpc) is 3.47. The number of aromatic nitrogens is 4. The van der Waals surface area contributed by atoms with E-state index in [9.17, 15) is 14.4 Å². The number of anilines is 2. The molecule has 0 radical (unpaired) electrons. The Balaban J connectivity index is 1.67. The third-order valence-electron chi connectivity index (χ3n) is 6.41. The molecule has 0 spiro atoms. The van der Waals surface area contributed by atoms with Crippen molar-refractivity contribution < 1.29 is 4.79 Å². The number of para-hydroxylation sites is 2. The number of nitrogens with one attached hydrogen (secondary N) is 1. The number of H-pyrrole nitrogens is 1. The van der Waals surface area contributed by atoms with Gasteiger partial charge in [-0.15, -0.1) is 0 Å². The van der Waals surface area contributed by atoms with E-state index in [-0.39, 0.29) is 29.2 Å². The van der Waals surface area contributed by atoms with Crippen LogP contribution in [0.25, 0.3) is 11.0 Å². The van der Waals surface area contributed by atoms with Gasteiger partial charge in [0, 0.05) is 19.1 Å². The lowest BCUT2D eigenvalue weighted by Crippen LogP contribution is -2.46. The van der Waals surface area contributed by atoms with Gasteiger partial charge in [0.2, 0.25) is 5.91 Å². The Bertz CT molecular complexity index is 1290. The van der Waals surface area contributed by atoms with Gasteiger partial charge in [-0.1, -0.05) is 50.1 Å².